The zero-order chi connectivity index (χ0) is 34.7. The molecule has 3 aliphatic rings. The minimum absolute atomic E-state index is 0.0147. The van der Waals surface area contributed by atoms with E-state index in [-0.39, 0.29) is 16.2 Å². The summed E-state index contributed by atoms with van der Waals surface area (Å²) < 4.78 is 10.7. The topological polar surface area (TPSA) is 27.1 Å². The van der Waals surface area contributed by atoms with Gasteiger partial charge in [0.05, 0.1) is 24.7 Å². The normalized spacial score (nSPS) is 20.4. The summed E-state index contributed by atoms with van der Waals surface area (Å²) in [6.07, 6.45) is 1.93. The van der Waals surface area contributed by atoms with Crippen LogP contribution in [0.5, 0.6) is 11.5 Å². The first-order valence-electron chi connectivity index (χ1n) is 17.6. The van der Waals surface area contributed by atoms with Gasteiger partial charge in [0.2, 0.25) is 0 Å². The Morgan fingerprint density at radius 2 is 1.31 bits per heavy atom. The van der Waals surface area contributed by atoms with Gasteiger partial charge in [-0.25, -0.2) is 4.98 Å². The smallest absolute Gasteiger partial charge is 0.181 e. The molecule has 1 saturated heterocycles. The van der Waals surface area contributed by atoms with Gasteiger partial charge in [-0.1, -0.05) is 86.6 Å². The van der Waals surface area contributed by atoms with Gasteiger partial charge in [-0.05, 0) is 69.3 Å². The average Bonchev–Trinajstić information content (AvgIpc) is 3.58. The van der Waals surface area contributed by atoms with Gasteiger partial charge < -0.3 is 9.22 Å². The van der Waals surface area contributed by atoms with E-state index in [0.717, 1.165) is 44.0 Å². The van der Waals surface area contributed by atoms with Crippen molar-refractivity contribution in [1.29, 1.82) is 0 Å². The van der Waals surface area contributed by atoms with E-state index in [1.54, 1.807) is 0 Å². The Balaban J connectivity index is 1.26. The van der Waals surface area contributed by atoms with Gasteiger partial charge in [0.15, 0.2) is 18.0 Å². The van der Waals surface area contributed by atoms with Gasteiger partial charge in [0, 0.05) is 47.3 Å². The fourth-order valence-corrected chi connectivity index (χ4v) is 7.89. The van der Waals surface area contributed by atoms with E-state index >= 15 is 0 Å². The molecule has 0 N–H and O–H groups in total. The fraction of sp³-hybridized carbons (Fsp3) is 0.318. The molecule has 5 heteroatoms. The van der Waals surface area contributed by atoms with Crippen molar-refractivity contribution in [2.75, 3.05) is 13.7 Å². The van der Waals surface area contributed by atoms with Gasteiger partial charge in [-0.15, -0.1) is 0 Å². The number of benzene rings is 4. The highest BCUT2D eigenvalue weighted by Crippen LogP contribution is 2.61. The predicted octanol–water partition coefficient (Wildman–Crippen LogP) is 11.5. The van der Waals surface area contributed by atoms with Gasteiger partial charge in [-0.3, -0.25) is 9.05 Å². The Bertz CT molecular complexity index is 2280. The highest BCUT2D eigenvalue weighted by molar-refractivity contribution is 6.09. The predicted molar refractivity (Wildman–Crippen MR) is 206 cm³/mol. The summed E-state index contributed by atoms with van der Waals surface area (Å²) in [4.78, 5) is 4.88. The summed E-state index contributed by atoms with van der Waals surface area (Å²) in [7, 11) is 2.32. The SMILES string of the molecule is CC(C)(C)c1cc(Oc2ccc3c4ccccc4n(-c4cc(C(C)(C)C)ccn4)c3c2)cc([N@@+]23[CH-][N@@+](C)(C2)c2ccc(C(C)(C)C)cc23)c1. The molecular weight excluding hydrogens is 601 g/mol. The lowest BCUT2D eigenvalue weighted by Gasteiger charge is -2.55. The van der Waals surface area contributed by atoms with Crippen molar-refractivity contribution in [3.05, 3.63) is 121 Å². The van der Waals surface area contributed by atoms with Crippen LogP contribution in [0.2, 0.25) is 0 Å². The zero-order valence-corrected chi connectivity index (χ0v) is 30.7. The van der Waals surface area contributed by atoms with E-state index in [1.807, 2.05) is 6.20 Å². The van der Waals surface area contributed by atoms with Crippen LogP contribution in [-0.4, -0.2) is 23.3 Å². The maximum absolute atomic E-state index is 6.88. The summed E-state index contributed by atoms with van der Waals surface area (Å²) in [5.41, 5.74) is 10.2. The Morgan fingerprint density at radius 3 is 2.02 bits per heavy atom. The number of rotatable bonds is 4. The fourth-order valence-electron chi connectivity index (χ4n) is 7.89. The third kappa shape index (κ3) is 5.01. The van der Waals surface area contributed by atoms with Crippen LogP contribution in [0.3, 0.4) is 0 Å². The maximum atomic E-state index is 6.88. The minimum atomic E-state index is -0.0502. The van der Waals surface area contributed by atoms with Crippen LogP contribution < -0.4 is 13.7 Å². The quantitative estimate of drug-likeness (QED) is 0.140. The second-order valence-electron chi connectivity index (χ2n) is 17.6. The van der Waals surface area contributed by atoms with E-state index in [1.165, 1.54) is 44.5 Å². The lowest BCUT2D eigenvalue weighted by atomic mass is 9.86. The highest BCUT2D eigenvalue weighted by Gasteiger charge is 2.59. The molecule has 0 unspecified atom stereocenters. The van der Waals surface area contributed by atoms with Crippen LogP contribution in [0.25, 0.3) is 27.6 Å². The molecular formula is C44H49N4O+. The second kappa shape index (κ2) is 10.3. The van der Waals surface area contributed by atoms with Gasteiger partial charge >= 0.3 is 0 Å². The monoisotopic (exact) mass is 649 g/mol. The molecule has 3 aliphatic heterocycles. The molecule has 2 aromatic heterocycles. The van der Waals surface area contributed by atoms with Crippen LogP contribution in [0.15, 0.2) is 97.2 Å². The molecule has 5 nitrogen and oxygen atoms in total. The number of quaternary nitrogens is 2. The van der Waals surface area contributed by atoms with E-state index in [2.05, 4.69) is 172 Å². The number of aromatic nitrogens is 2. The summed E-state index contributed by atoms with van der Waals surface area (Å²) in [5, 5.41) is 2.39. The molecule has 0 amide bonds. The average molecular weight is 650 g/mol. The first-order chi connectivity index (χ1) is 23.0. The summed E-state index contributed by atoms with van der Waals surface area (Å²) in [5.74, 6) is 2.59. The van der Waals surface area contributed by atoms with Crippen LogP contribution >= 0.6 is 0 Å². The molecule has 2 atom stereocenters. The molecule has 2 bridgehead atoms. The standard InChI is InChI=1S/C44H49N4O/c1-42(2,3)29-15-18-39-40(23-29)48(27-47(39,10)28-48)32-21-31(44(7,8)9)22-34(25-32)49-33-16-17-36-35-13-11-12-14-37(35)46(38(36)26-33)41-24-30(19-20-45-41)43(4,5)6/h11-27H,28H2,1-10H3/q+1/t47-,48+/m0/s1. The molecule has 4 aromatic carbocycles. The number of nitrogens with zero attached hydrogens (tertiary/aromatic N) is 4. The molecule has 9 rings (SSSR count). The third-order valence-electron chi connectivity index (χ3n) is 10.7. The molecule has 6 aromatic rings. The molecule has 0 saturated carbocycles. The van der Waals surface area contributed by atoms with Crippen molar-refractivity contribution in [1.82, 2.24) is 18.5 Å². The van der Waals surface area contributed by atoms with E-state index in [4.69, 9.17) is 9.72 Å². The first kappa shape index (κ1) is 31.8. The Labute approximate surface area is 291 Å². The molecule has 250 valence electrons. The van der Waals surface area contributed by atoms with Crippen molar-refractivity contribution in [3.8, 4) is 17.3 Å². The number of pyridine rings is 1. The number of hydrogen-bond acceptors (Lipinski definition) is 2. The molecule has 0 aliphatic carbocycles. The van der Waals surface area contributed by atoms with Gasteiger partial charge in [0.25, 0.3) is 0 Å². The molecule has 1 fully saturated rings. The van der Waals surface area contributed by atoms with Gasteiger partial charge in [0.1, 0.15) is 23.0 Å². The van der Waals surface area contributed by atoms with Crippen LogP contribution in [-0.2, 0) is 16.2 Å². The molecule has 0 radical (unpaired) electrons. The van der Waals surface area contributed by atoms with Gasteiger partial charge in [-0.2, -0.15) is 0 Å². The maximum Gasteiger partial charge on any atom is 0.181 e. The number of para-hydroxylation sites is 1. The summed E-state index contributed by atoms with van der Waals surface area (Å²) in [6.45, 7) is 24.0. The highest BCUT2D eigenvalue weighted by atomic mass is 16.5. The van der Waals surface area contributed by atoms with Crippen molar-refractivity contribution in [2.24, 2.45) is 0 Å². The van der Waals surface area contributed by atoms with E-state index < -0.39 is 0 Å². The number of hydrogen-bond donors (Lipinski definition) is 0. The van der Waals surface area contributed by atoms with Crippen molar-refractivity contribution in [2.45, 2.75) is 78.6 Å². The Hall–Kier alpha value is -4.45. The van der Waals surface area contributed by atoms with E-state index in [9.17, 15) is 0 Å². The number of ether oxygens (including phenoxy) is 1. The Kier molecular flexibility index (Phi) is 6.67. The van der Waals surface area contributed by atoms with Crippen molar-refractivity contribution >= 4 is 38.9 Å². The third-order valence-corrected chi connectivity index (χ3v) is 10.7. The Morgan fingerprint density at radius 1 is 0.633 bits per heavy atom. The lowest BCUT2D eigenvalue weighted by molar-refractivity contribution is 0.157. The van der Waals surface area contributed by atoms with Crippen molar-refractivity contribution < 1.29 is 4.74 Å². The minimum Gasteiger partial charge on any atom is -0.457 e. The summed E-state index contributed by atoms with van der Waals surface area (Å²) in [6, 6.07) is 33.4. The number of fused-ring (bicyclic) bond motifs is 3. The second-order valence-corrected chi connectivity index (χ2v) is 17.6. The largest absolute Gasteiger partial charge is 0.457 e. The zero-order valence-electron chi connectivity index (χ0n) is 30.7. The van der Waals surface area contributed by atoms with Crippen molar-refractivity contribution in [3.63, 3.8) is 0 Å². The lowest BCUT2D eigenvalue weighted by Crippen LogP contribution is -2.68. The molecule has 49 heavy (non-hydrogen) atoms. The molecule has 5 heterocycles. The molecule has 0 spiro atoms. The van der Waals surface area contributed by atoms with E-state index in [0.29, 0.717) is 0 Å². The summed E-state index contributed by atoms with van der Waals surface area (Å²) >= 11 is 0. The van der Waals surface area contributed by atoms with Crippen LogP contribution in [0, 0.1) is 6.67 Å². The van der Waals surface area contributed by atoms with Crippen LogP contribution in [0.1, 0.15) is 79.0 Å². The van der Waals surface area contributed by atoms with Crippen LogP contribution in [0.4, 0.5) is 17.1 Å². The first-order valence-corrected chi connectivity index (χ1v) is 17.6.